The zero-order valence-corrected chi connectivity index (χ0v) is 18.7. The lowest BCUT2D eigenvalue weighted by atomic mass is 9.93. The predicted octanol–water partition coefficient (Wildman–Crippen LogP) is 3.89. The molecule has 0 radical (unpaired) electrons. The summed E-state index contributed by atoms with van der Waals surface area (Å²) in [6.07, 6.45) is 0. The number of fused-ring (bicyclic) bond motifs is 1. The van der Waals surface area contributed by atoms with Gasteiger partial charge in [-0.25, -0.2) is 0 Å². The molecule has 0 aliphatic rings. The first-order chi connectivity index (χ1) is 14.7. The quantitative estimate of drug-likeness (QED) is 0.613. The van der Waals surface area contributed by atoms with Crippen LogP contribution in [-0.2, 0) is 9.59 Å². The van der Waals surface area contributed by atoms with E-state index in [2.05, 4.69) is 47.0 Å². The molecule has 2 N–H and O–H groups in total. The van der Waals surface area contributed by atoms with Gasteiger partial charge >= 0.3 is 0 Å². The topological polar surface area (TPSA) is 61.4 Å². The first-order valence-electron chi connectivity index (χ1n) is 10.6. The number of hydrogen-bond donors (Lipinski definition) is 2. The molecule has 3 aromatic rings. The largest absolute Gasteiger partial charge is 0.350 e. The Labute approximate surface area is 184 Å². The van der Waals surface area contributed by atoms with Gasteiger partial charge in [0.05, 0.1) is 19.1 Å². The molecule has 1 unspecified atom stereocenters. The summed E-state index contributed by atoms with van der Waals surface area (Å²) in [6.45, 7) is 5.92. The van der Waals surface area contributed by atoms with Gasteiger partial charge in [-0.15, -0.1) is 0 Å². The molecule has 0 saturated carbocycles. The Balaban J connectivity index is 1.78. The number of amides is 2. The van der Waals surface area contributed by atoms with Crippen LogP contribution in [0.4, 0.5) is 0 Å². The van der Waals surface area contributed by atoms with Gasteiger partial charge in [-0.3, -0.25) is 14.9 Å². The van der Waals surface area contributed by atoms with E-state index in [-0.39, 0.29) is 36.5 Å². The number of carbonyl (C=O) groups excluding carboxylic acids is 2. The summed E-state index contributed by atoms with van der Waals surface area (Å²) in [7, 11) is 1.65. The monoisotopic (exact) mass is 417 g/mol. The van der Waals surface area contributed by atoms with E-state index in [1.165, 1.54) is 4.90 Å². The molecule has 0 fully saturated rings. The molecule has 1 atom stereocenters. The standard InChI is InChI=1S/C26H31N3O2/c1-26(2,3)28-23(30)18-29(4)24(31)17-27-25(20-12-6-5-7-13-20)22-16-10-14-19-11-8-9-15-21(19)22/h5-16,25,27H,17-18H2,1-4H3,(H,28,30). The Morgan fingerprint density at radius 3 is 2.26 bits per heavy atom. The fourth-order valence-electron chi connectivity index (χ4n) is 3.64. The third-order valence-corrected chi connectivity index (χ3v) is 5.05. The minimum Gasteiger partial charge on any atom is -0.350 e. The van der Waals surface area contributed by atoms with Gasteiger partial charge in [0.15, 0.2) is 0 Å². The molecular formula is C26H31N3O2. The van der Waals surface area contributed by atoms with E-state index in [0.29, 0.717) is 0 Å². The molecule has 0 aliphatic carbocycles. The maximum absolute atomic E-state index is 12.8. The van der Waals surface area contributed by atoms with Crippen molar-refractivity contribution >= 4 is 22.6 Å². The van der Waals surface area contributed by atoms with Crippen molar-refractivity contribution in [2.75, 3.05) is 20.1 Å². The third-order valence-electron chi connectivity index (χ3n) is 5.05. The number of likely N-dealkylation sites (N-methyl/N-ethyl adjacent to an activating group) is 1. The Morgan fingerprint density at radius 1 is 0.903 bits per heavy atom. The maximum atomic E-state index is 12.8. The highest BCUT2D eigenvalue weighted by atomic mass is 16.2. The van der Waals surface area contributed by atoms with Crippen LogP contribution in [0.2, 0.25) is 0 Å². The summed E-state index contributed by atoms with van der Waals surface area (Å²) in [5, 5.41) is 8.62. The van der Waals surface area contributed by atoms with Crippen molar-refractivity contribution in [1.82, 2.24) is 15.5 Å². The highest BCUT2D eigenvalue weighted by Crippen LogP contribution is 2.28. The van der Waals surface area contributed by atoms with Gasteiger partial charge in [-0.05, 0) is 42.7 Å². The van der Waals surface area contributed by atoms with Crippen molar-refractivity contribution in [3.63, 3.8) is 0 Å². The minimum atomic E-state index is -0.327. The van der Waals surface area contributed by atoms with E-state index in [4.69, 9.17) is 0 Å². The molecular weight excluding hydrogens is 386 g/mol. The molecule has 5 nitrogen and oxygen atoms in total. The summed E-state index contributed by atoms with van der Waals surface area (Å²) in [6, 6.07) is 24.4. The van der Waals surface area contributed by atoms with Gasteiger partial charge in [0.1, 0.15) is 0 Å². The Morgan fingerprint density at radius 2 is 1.55 bits per heavy atom. The molecule has 162 valence electrons. The SMILES string of the molecule is CN(CC(=O)NC(C)(C)C)C(=O)CNC(c1ccccc1)c1cccc2ccccc12. The predicted molar refractivity (Wildman–Crippen MR) is 126 cm³/mol. The Hall–Kier alpha value is -3.18. The summed E-state index contributed by atoms with van der Waals surface area (Å²) in [5.74, 6) is -0.303. The lowest BCUT2D eigenvalue weighted by Crippen LogP contribution is -2.47. The summed E-state index contributed by atoms with van der Waals surface area (Å²) in [5.41, 5.74) is 1.87. The van der Waals surface area contributed by atoms with Crippen LogP contribution >= 0.6 is 0 Å². The first kappa shape index (κ1) is 22.5. The number of carbonyl (C=O) groups is 2. The average molecular weight is 418 g/mol. The van der Waals surface area contributed by atoms with E-state index in [9.17, 15) is 9.59 Å². The van der Waals surface area contributed by atoms with Crippen LogP contribution in [0.1, 0.15) is 37.9 Å². The van der Waals surface area contributed by atoms with Gasteiger partial charge in [0, 0.05) is 12.6 Å². The molecule has 3 aromatic carbocycles. The number of rotatable bonds is 7. The summed E-state index contributed by atoms with van der Waals surface area (Å²) >= 11 is 0. The van der Waals surface area contributed by atoms with E-state index < -0.39 is 0 Å². The van der Waals surface area contributed by atoms with Gasteiger partial charge in [0.2, 0.25) is 11.8 Å². The zero-order valence-electron chi connectivity index (χ0n) is 18.7. The van der Waals surface area contributed by atoms with Crippen molar-refractivity contribution in [1.29, 1.82) is 0 Å². The van der Waals surface area contributed by atoms with Crippen molar-refractivity contribution in [3.8, 4) is 0 Å². The molecule has 31 heavy (non-hydrogen) atoms. The second-order valence-corrected chi connectivity index (χ2v) is 8.84. The molecule has 0 spiro atoms. The number of benzene rings is 3. The number of nitrogens with zero attached hydrogens (tertiary/aromatic N) is 1. The fourth-order valence-corrected chi connectivity index (χ4v) is 3.64. The number of nitrogens with one attached hydrogen (secondary N) is 2. The van der Waals surface area contributed by atoms with Gasteiger partial charge in [-0.1, -0.05) is 72.8 Å². The lowest BCUT2D eigenvalue weighted by molar-refractivity contribution is -0.134. The van der Waals surface area contributed by atoms with Gasteiger partial charge in [0.25, 0.3) is 0 Å². The van der Waals surface area contributed by atoms with Crippen molar-refractivity contribution in [2.45, 2.75) is 32.4 Å². The van der Waals surface area contributed by atoms with Crippen molar-refractivity contribution < 1.29 is 9.59 Å². The smallest absolute Gasteiger partial charge is 0.240 e. The van der Waals surface area contributed by atoms with Crippen LogP contribution in [0, 0.1) is 0 Å². The average Bonchev–Trinajstić information content (AvgIpc) is 2.73. The van der Waals surface area contributed by atoms with Crippen LogP contribution in [0.25, 0.3) is 10.8 Å². The van der Waals surface area contributed by atoms with Crippen molar-refractivity contribution in [3.05, 3.63) is 83.9 Å². The van der Waals surface area contributed by atoms with E-state index >= 15 is 0 Å². The van der Waals surface area contributed by atoms with Crippen LogP contribution < -0.4 is 10.6 Å². The first-order valence-corrected chi connectivity index (χ1v) is 10.6. The zero-order chi connectivity index (χ0) is 22.4. The Bertz CT molecular complexity index is 1040. The molecule has 0 aliphatic heterocycles. The van der Waals surface area contributed by atoms with Crippen LogP contribution in [0.3, 0.4) is 0 Å². The lowest BCUT2D eigenvalue weighted by Gasteiger charge is -2.25. The molecule has 5 heteroatoms. The van der Waals surface area contributed by atoms with Crippen LogP contribution in [0.15, 0.2) is 72.8 Å². The molecule has 3 rings (SSSR count). The van der Waals surface area contributed by atoms with Gasteiger partial charge in [-0.2, -0.15) is 0 Å². The van der Waals surface area contributed by atoms with Crippen LogP contribution in [-0.4, -0.2) is 42.4 Å². The normalized spacial score (nSPS) is 12.4. The maximum Gasteiger partial charge on any atom is 0.240 e. The highest BCUT2D eigenvalue weighted by molar-refractivity contribution is 5.87. The highest BCUT2D eigenvalue weighted by Gasteiger charge is 2.21. The number of hydrogen-bond acceptors (Lipinski definition) is 3. The van der Waals surface area contributed by atoms with Gasteiger partial charge < -0.3 is 10.2 Å². The van der Waals surface area contributed by atoms with E-state index in [1.54, 1.807) is 7.05 Å². The molecule has 2 amide bonds. The third kappa shape index (κ3) is 6.15. The van der Waals surface area contributed by atoms with Crippen LogP contribution in [0.5, 0.6) is 0 Å². The second-order valence-electron chi connectivity index (χ2n) is 8.84. The molecule has 0 bridgehead atoms. The fraction of sp³-hybridized carbons (Fsp3) is 0.308. The Kier molecular flexibility index (Phi) is 7.08. The summed E-state index contributed by atoms with van der Waals surface area (Å²) < 4.78 is 0. The minimum absolute atomic E-state index is 0.0298. The van der Waals surface area contributed by atoms with E-state index in [0.717, 1.165) is 21.9 Å². The molecule has 0 aromatic heterocycles. The summed E-state index contributed by atoms with van der Waals surface area (Å²) in [4.78, 5) is 26.4. The molecule has 0 saturated heterocycles. The second kappa shape index (κ2) is 9.75. The molecule has 0 heterocycles. The van der Waals surface area contributed by atoms with Crippen molar-refractivity contribution in [2.24, 2.45) is 0 Å². The van der Waals surface area contributed by atoms with E-state index in [1.807, 2.05) is 57.2 Å².